The Labute approximate surface area is 236 Å². The summed E-state index contributed by atoms with van der Waals surface area (Å²) >= 11 is 0. The Morgan fingerprint density at radius 3 is 2.37 bits per heavy atom. The van der Waals surface area contributed by atoms with Crippen molar-refractivity contribution in [2.75, 3.05) is 5.32 Å². The summed E-state index contributed by atoms with van der Waals surface area (Å²) in [5.74, 6) is -0.872. The molecule has 210 valence electrons. The minimum absolute atomic E-state index is 0.217. The number of halogens is 1. The second kappa shape index (κ2) is 10.1. The molecule has 6 rings (SSSR count). The number of aromatic nitrogens is 2. The van der Waals surface area contributed by atoms with Crippen molar-refractivity contribution in [2.24, 2.45) is 5.41 Å². The van der Waals surface area contributed by atoms with Gasteiger partial charge in [0.1, 0.15) is 23.3 Å². The Balaban J connectivity index is 1.16. The summed E-state index contributed by atoms with van der Waals surface area (Å²) in [6, 6.07) is 17.3. The highest BCUT2D eigenvalue weighted by atomic mass is 19.1. The lowest BCUT2D eigenvalue weighted by Gasteiger charge is -2.59. The van der Waals surface area contributed by atoms with Gasteiger partial charge in [-0.25, -0.2) is 9.18 Å². The standard InChI is InChI=1S/C32H30FN3O5/c1-19-27(35-30(39)40-20(2)24-6-3-4-7-25(24)33)28(41-36-19)22-10-8-21(9-11-22)26-13-12-23(16-34-26)32(29(37)38)17-31(18-32)14-5-15-31/h3-4,6-13,16,20H,5,14-15,17-18H2,1-2H3,(H,35,39)(H,37,38). The molecule has 2 aromatic heterocycles. The summed E-state index contributed by atoms with van der Waals surface area (Å²) in [6.45, 7) is 3.29. The van der Waals surface area contributed by atoms with E-state index in [2.05, 4.69) is 15.5 Å². The van der Waals surface area contributed by atoms with Crippen molar-refractivity contribution in [1.29, 1.82) is 0 Å². The van der Waals surface area contributed by atoms with Crippen LogP contribution >= 0.6 is 0 Å². The number of anilines is 1. The number of nitrogens with zero attached hydrogens (tertiary/aromatic N) is 2. The molecule has 41 heavy (non-hydrogen) atoms. The lowest BCUT2D eigenvalue weighted by Crippen LogP contribution is -2.57. The van der Waals surface area contributed by atoms with Crippen molar-refractivity contribution in [1.82, 2.24) is 10.1 Å². The van der Waals surface area contributed by atoms with Gasteiger partial charge in [-0.1, -0.05) is 60.1 Å². The van der Waals surface area contributed by atoms with Crippen LogP contribution < -0.4 is 5.32 Å². The van der Waals surface area contributed by atoms with E-state index in [0.717, 1.165) is 29.7 Å². The molecule has 8 nitrogen and oxygen atoms in total. The zero-order valence-electron chi connectivity index (χ0n) is 22.8. The normalized spacial score (nSPS) is 17.2. The topological polar surface area (TPSA) is 115 Å². The fraction of sp³-hybridized carbons (Fsp3) is 0.312. The van der Waals surface area contributed by atoms with Gasteiger partial charge in [0.05, 0.1) is 11.1 Å². The number of carbonyl (C=O) groups is 2. The van der Waals surface area contributed by atoms with Crippen LogP contribution in [0.2, 0.25) is 0 Å². The first-order valence-corrected chi connectivity index (χ1v) is 13.7. The van der Waals surface area contributed by atoms with Gasteiger partial charge in [-0.3, -0.25) is 15.1 Å². The lowest BCUT2D eigenvalue weighted by atomic mass is 9.44. The molecule has 1 unspecified atom stereocenters. The number of carbonyl (C=O) groups excluding carboxylic acids is 1. The summed E-state index contributed by atoms with van der Waals surface area (Å²) in [5.41, 5.74) is 3.47. The number of rotatable bonds is 7. The lowest BCUT2D eigenvalue weighted by molar-refractivity contribution is -0.160. The second-order valence-corrected chi connectivity index (χ2v) is 11.3. The van der Waals surface area contributed by atoms with Gasteiger partial charge in [-0.05, 0) is 62.6 Å². The number of nitrogens with one attached hydrogen (secondary N) is 1. The number of amides is 1. The summed E-state index contributed by atoms with van der Waals surface area (Å²) in [6.07, 6.45) is 4.94. The molecule has 2 N–H and O–H groups in total. The summed E-state index contributed by atoms with van der Waals surface area (Å²) in [7, 11) is 0. The highest BCUT2D eigenvalue weighted by Gasteiger charge is 2.61. The first-order valence-electron chi connectivity index (χ1n) is 13.7. The molecule has 2 aliphatic rings. The molecule has 2 saturated carbocycles. The average Bonchev–Trinajstić information content (AvgIpc) is 3.27. The second-order valence-electron chi connectivity index (χ2n) is 11.3. The van der Waals surface area contributed by atoms with Gasteiger partial charge in [0.2, 0.25) is 0 Å². The van der Waals surface area contributed by atoms with E-state index in [1.807, 2.05) is 36.4 Å². The van der Waals surface area contributed by atoms with Crippen molar-refractivity contribution in [3.05, 3.63) is 89.5 Å². The van der Waals surface area contributed by atoms with Crippen LogP contribution in [0, 0.1) is 18.2 Å². The minimum Gasteiger partial charge on any atom is -0.481 e. The number of carboxylic acid groups (broad SMARTS) is 1. The Morgan fingerprint density at radius 2 is 1.76 bits per heavy atom. The van der Waals surface area contributed by atoms with Crippen LogP contribution in [0.4, 0.5) is 14.9 Å². The van der Waals surface area contributed by atoms with Gasteiger partial charge in [-0.15, -0.1) is 0 Å². The molecule has 4 aromatic rings. The van der Waals surface area contributed by atoms with E-state index in [9.17, 15) is 19.1 Å². The van der Waals surface area contributed by atoms with Crippen LogP contribution in [0.3, 0.4) is 0 Å². The third kappa shape index (κ3) is 4.75. The van der Waals surface area contributed by atoms with Gasteiger partial charge in [0.25, 0.3) is 0 Å². The molecule has 2 aromatic carbocycles. The first-order chi connectivity index (χ1) is 19.7. The molecule has 2 heterocycles. The van der Waals surface area contributed by atoms with Crippen LogP contribution in [0.5, 0.6) is 0 Å². The van der Waals surface area contributed by atoms with Gasteiger partial charge in [0.15, 0.2) is 5.76 Å². The van der Waals surface area contributed by atoms with Gasteiger partial charge in [-0.2, -0.15) is 0 Å². The molecule has 2 aliphatic carbocycles. The Morgan fingerprint density at radius 1 is 1.05 bits per heavy atom. The average molecular weight is 556 g/mol. The van der Waals surface area contributed by atoms with Crippen molar-refractivity contribution in [2.45, 2.75) is 57.5 Å². The molecule has 2 fully saturated rings. The highest BCUT2D eigenvalue weighted by Crippen LogP contribution is 2.65. The quantitative estimate of drug-likeness (QED) is 0.243. The fourth-order valence-corrected chi connectivity index (χ4v) is 6.25. The Hall–Kier alpha value is -4.53. The molecule has 0 radical (unpaired) electrons. The van der Waals surface area contributed by atoms with E-state index in [1.165, 1.54) is 12.5 Å². The van der Waals surface area contributed by atoms with Gasteiger partial charge < -0.3 is 14.4 Å². The summed E-state index contributed by atoms with van der Waals surface area (Å²) in [4.78, 5) is 29.4. The van der Waals surface area contributed by atoms with Crippen LogP contribution in [0.1, 0.15) is 62.0 Å². The number of hydrogen-bond donors (Lipinski definition) is 2. The molecule has 0 saturated heterocycles. The maximum absolute atomic E-state index is 14.1. The van der Waals surface area contributed by atoms with Crippen molar-refractivity contribution in [3.8, 4) is 22.6 Å². The minimum atomic E-state index is -0.836. The third-order valence-corrected chi connectivity index (χ3v) is 8.65. The molecular formula is C32H30FN3O5. The number of pyridine rings is 1. The molecule has 9 heteroatoms. The monoisotopic (exact) mass is 555 g/mol. The number of ether oxygens (including phenoxy) is 1. The summed E-state index contributed by atoms with van der Waals surface area (Å²) in [5, 5.41) is 16.7. The number of hydrogen-bond acceptors (Lipinski definition) is 6. The van der Waals surface area contributed by atoms with Crippen LogP contribution in [0.15, 0.2) is 71.4 Å². The predicted octanol–water partition coefficient (Wildman–Crippen LogP) is 7.45. The fourth-order valence-electron chi connectivity index (χ4n) is 6.25. The van der Waals surface area contributed by atoms with Gasteiger partial charge >= 0.3 is 12.1 Å². The van der Waals surface area contributed by atoms with E-state index in [-0.39, 0.29) is 11.0 Å². The van der Waals surface area contributed by atoms with Gasteiger partial charge in [0, 0.05) is 22.9 Å². The van der Waals surface area contributed by atoms with E-state index in [4.69, 9.17) is 9.26 Å². The molecule has 0 bridgehead atoms. The van der Waals surface area contributed by atoms with E-state index in [0.29, 0.717) is 35.5 Å². The molecule has 1 atom stereocenters. The maximum atomic E-state index is 14.1. The first kappa shape index (κ1) is 26.7. The highest BCUT2D eigenvalue weighted by molar-refractivity contribution is 5.91. The molecule has 1 amide bonds. The maximum Gasteiger partial charge on any atom is 0.412 e. The summed E-state index contributed by atoms with van der Waals surface area (Å²) < 4.78 is 25.0. The smallest absolute Gasteiger partial charge is 0.412 e. The molecule has 0 aliphatic heterocycles. The SMILES string of the molecule is Cc1noc(-c2ccc(-c3ccc(C4(C(=O)O)CC5(CCC5)C4)cn3)cc2)c1NC(=O)OC(C)c1ccccc1F. The predicted molar refractivity (Wildman–Crippen MR) is 150 cm³/mol. The number of aryl methyl sites for hydroxylation is 1. The van der Waals surface area contributed by atoms with E-state index in [1.54, 1.807) is 38.2 Å². The molecule has 1 spiro atoms. The largest absolute Gasteiger partial charge is 0.481 e. The Kier molecular flexibility index (Phi) is 6.60. The number of benzene rings is 2. The number of aliphatic carboxylic acids is 1. The number of carboxylic acids is 1. The van der Waals surface area contributed by atoms with Crippen molar-refractivity contribution < 1.29 is 28.3 Å². The van der Waals surface area contributed by atoms with E-state index < -0.39 is 29.4 Å². The molecular weight excluding hydrogens is 525 g/mol. The van der Waals surface area contributed by atoms with Crippen molar-refractivity contribution >= 4 is 17.7 Å². The Bertz CT molecular complexity index is 1600. The zero-order valence-corrected chi connectivity index (χ0v) is 22.8. The zero-order chi connectivity index (χ0) is 28.8. The third-order valence-electron chi connectivity index (χ3n) is 8.65. The van der Waals surface area contributed by atoms with Crippen molar-refractivity contribution in [3.63, 3.8) is 0 Å². The van der Waals surface area contributed by atoms with Crippen LogP contribution in [-0.4, -0.2) is 27.3 Å². The van der Waals surface area contributed by atoms with Crippen LogP contribution in [-0.2, 0) is 14.9 Å². The van der Waals surface area contributed by atoms with E-state index >= 15 is 0 Å². The van der Waals surface area contributed by atoms with Crippen LogP contribution in [0.25, 0.3) is 22.6 Å².